The molecule has 19 heavy (non-hydrogen) atoms. The molecule has 2 rings (SSSR count). The molecule has 1 heterocycles. The van der Waals surface area contributed by atoms with Gasteiger partial charge in [0.2, 0.25) is 5.82 Å². The molecule has 0 radical (unpaired) electrons. The van der Waals surface area contributed by atoms with Gasteiger partial charge in [-0.05, 0) is 46.9 Å². The summed E-state index contributed by atoms with van der Waals surface area (Å²) in [5.74, 6) is 0.119. The molecule has 0 saturated carbocycles. The summed E-state index contributed by atoms with van der Waals surface area (Å²) in [5, 5.41) is 14.1. The molecule has 98 valence electrons. The number of aromatic nitrogens is 1. The lowest BCUT2D eigenvalue weighted by Gasteiger charge is -2.09. The lowest BCUT2D eigenvalue weighted by molar-refractivity contribution is -0.384. The lowest BCUT2D eigenvalue weighted by Crippen LogP contribution is -2.01. The van der Waals surface area contributed by atoms with Crippen molar-refractivity contribution in [3.63, 3.8) is 0 Å². The van der Waals surface area contributed by atoms with Crippen molar-refractivity contribution < 1.29 is 4.92 Å². The quantitative estimate of drug-likeness (QED) is 0.315. The van der Waals surface area contributed by atoms with Gasteiger partial charge < -0.3 is 5.32 Å². The van der Waals surface area contributed by atoms with Gasteiger partial charge >= 0.3 is 5.69 Å². The fourth-order valence-corrected chi connectivity index (χ4v) is 2.37. The van der Waals surface area contributed by atoms with Gasteiger partial charge in [0.15, 0.2) is 0 Å². The summed E-state index contributed by atoms with van der Waals surface area (Å²) in [7, 11) is 0. The second-order valence-corrected chi connectivity index (χ2v) is 5.97. The Morgan fingerprint density at radius 2 is 2.11 bits per heavy atom. The first-order valence-electron chi connectivity index (χ1n) is 5.00. The van der Waals surface area contributed by atoms with Crippen molar-refractivity contribution in [3.05, 3.63) is 53.6 Å². The smallest absolute Gasteiger partial charge is 0.311 e. The van der Waals surface area contributed by atoms with E-state index in [1.54, 1.807) is 0 Å². The summed E-state index contributed by atoms with van der Waals surface area (Å²) < 4.78 is 1.77. The van der Waals surface area contributed by atoms with E-state index in [0.29, 0.717) is 5.69 Å². The van der Waals surface area contributed by atoms with E-state index in [-0.39, 0.29) is 16.7 Å². The first-order chi connectivity index (χ1) is 8.97. The number of nitro groups is 1. The highest BCUT2D eigenvalue weighted by molar-refractivity contribution is 14.1. The Balaban J connectivity index is 2.45. The number of hydrogen-bond acceptors (Lipinski definition) is 4. The highest BCUT2D eigenvalue weighted by atomic mass is 127. The van der Waals surface area contributed by atoms with Crippen molar-refractivity contribution in [2.24, 2.45) is 0 Å². The predicted molar refractivity (Wildman–Crippen MR) is 86.0 cm³/mol. The summed E-state index contributed by atoms with van der Waals surface area (Å²) in [4.78, 5) is 14.4. The second-order valence-electron chi connectivity index (χ2n) is 3.51. The van der Waals surface area contributed by atoms with Crippen LogP contribution in [-0.4, -0.2) is 9.91 Å². The molecule has 0 saturated heterocycles. The molecule has 1 aromatic carbocycles. The summed E-state index contributed by atoms with van der Waals surface area (Å²) >= 11 is 11.2. The zero-order chi connectivity index (χ0) is 14.0. The van der Waals surface area contributed by atoms with Crippen LogP contribution in [0.5, 0.6) is 0 Å². The molecule has 0 aliphatic rings. The fourth-order valence-electron chi connectivity index (χ4n) is 1.39. The first-order valence-corrected chi connectivity index (χ1v) is 7.25. The number of nitrogens with zero attached hydrogens (tertiary/aromatic N) is 2. The minimum atomic E-state index is -0.503. The topological polar surface area (TPSA) is 68.1 Å². The third kappa shape index (κ3) is 3.54. The highest BCUT2D eigenvalue weighted by Gasteiger charge is 2.16. The molecule has 0 amide bonds. The van der Waals surface area contributed by atoms with Crippen molar-refractivity contribution in [1.82, 2.24) is 4.98 Å². The van der Waals surface area contributed by atoms with E-state index in [0.717, 1.165) is 8.04 Å². The molecule has 1 aromatic heterocycles. The molecule has 0 spiro atoms. The molecule has 5 nitrogen and oxygen atoms in total. The Morgan fingerprint density at radius 3 is 2.79 bits per heavy atom. The lowest BCUT2D eigenvalue weighted by atomic mass is 10.3. The molecular weight excluding hydrogens is 448 g/mol. The zero-order valence-electron chi connectivity index (χ0n) is 9.23. The van der Waals surface area contributed by atoms with Crippen LogP contribution in [0.25, 0.3) is 0 Å². The second kappa shape index (κ2) is 6.02. The van der Waals surface area contributed by atoms with Gasteiger partial charge in [0.1, 0.15) is 5.15 Å². The summed E-state index contributed by atoms with van der Waals surface area (Å²) in [6.07, 6.45) is 0. The molecule has 0 atom stereocenters. The number of benzene rings is 1. The zero-order valence-corrected chi connectivity index (χ0v) is 13.7. The van der Waals surface area contributed by atoms with Gasteiger partial charge in [-0.25, -0.2) is 4.98 Å². The van der Waals surface area contributed by atoms with Crippen LogP contribution in [0.2, 0.25) is 5.15 Å². The number of halogens is 3. The Labute approximate surface area is 135 Å². The van der Waals surface area contributed by atoms with E-state index in [4.69, 9.17) is 11.6 Å². The maximum atomic E-state index is 10.9. The Bertz CT molecular complexity index is 654. The largest absolute Gasteiger partial charge is 0.334 e. The van der Waals surface area contributed by atoms with E-state index in [2.05, 4.69) is 48.8 Å². The van der Waals surface area contributed by atoms with E-state index in [9.17, 15) is 10.1 Å². The number of hydrogen-bond donors (Lipinski definition) is 1. The Morgan fingerprint density at radius 1 is 1.37 bits per heavy atom. The summed E-state index contributed by atoms with van der Waals surface area (Å²) in [6.45, 7) is 0. The number of nitrogens with one attached hydrogen (secondary N) is 1. The normalized spacial score (nSPS) is 10.3. The SMILES string of the molecule is O=[N+]([O-])c1ccc(Cl)nc1Nc1cc(Br)ccc1I. The van der Waals surface area contributed by atoms with Crippen LogP contribution in [0.4, 0.5) is 17.2 Å². The highest BCUT2D eigenvalue weighted by Crippen LogP contribution is 2.30. The number of pyridine rings is 1. The van der Waals surface area contributed by atoms with E-state index in [1.165, 1.54) is 12.1 Å². The summed E-state index contributed by atoms with van der Waals surface area (Å²) in [6, 6.07) is 8.28. The predicted octanol–water partition coefficient (Wildman–Crippen LogP) is 4.75. The third-order valence-electron chi connectivity index (χ3n) is 2.22. The third-order valence-corrected chi connectivity index (χ3v) is 3.86. The molecule has 1 N–H and O–H groups in total. The van der Waals surface area contributed by atoms with E-state index >= 15 is 0 Å². The summed E-state index contributed by atoms with van der Waals surface area (Å²) in [5.41, 5.74) is 0.591. The van der Waals surface area contributed by atoms with Crippen molar-refractivity contribution in [2.45, 2.75) is 0 Å². The first kappa shape index (κ1) is 14.5. The Kier molecular flexibility index (Phi) is 4.58. The van der Waals surface area contributed by atoms with Crippen LogP contribution >= 0.6 is 50.1 Å². The minimum Gasteiger partial charge on any atom is -0.334 e. The maximum Gasteiger partial charge on any atom is 0.311 e. The van der Waals surface area contributed by atoms with Crippen LogP contribution in [0.15, 0.2) is 34.8 Å². The van der Waals surface area contributed by atoms with Crippen LogP contribution in [0.3, 0.4) is 0 Å². The average Bonchev–Trinajstić information content (AvgIpc) is 2.33. The number of anilines is 2. The molecule has 0 aliphatic heterocycles. The standard InChI is InChI=1S/C11H6BrClIN3O2/c12-6-1-2-7(14)8(5-6)15-11-9(17(18)19)3-4-10(13)16-11/h1-5H,(H,15,16). The van der Waals surface area contributed by atoms with Gasteiger partial charge in [0.05, 0.1) is 10.6 Å². The van der Waals surface area contributed by atoms with Gasteiger partial charge in [-0.1, -0.05) is 27.5 Å². The van der Waals surface area contributed by atoms with Crippen molar-refractivity contribution in [2.75, 3.05) is 5.32 Å². The molecule has 2 aromatic rings. The number of rotatable bonds is 3. The fraction of sp³-hybridized carbons (Fsp3) is 0. The minimum absolute atomic E-state index is 0.119. The molecule has 0 aliphatic carbocycles. The van der Waals surface area contributed by atoms with Crippen LogP contribution in [0, 0.1) is 13.7 Å². The van der Waals surface area contributed by atoms with Gasteiger partial charge in [-0.15, -0.1) is 0 Å². The average molecular weight is 454 g/mol. The molecule has 0 fully saturated rings. The van der Waals surface area contributed by atoms with Crippen molar-refractivity contribution in [3.8, 4) is 0 Å². The van der Waals surface area contributed by atoms with Crippen molar-refractivity contribution in [1.29, 1.82) is 0 Å². The van der Waals surface area contributed by atoms with Gasteiger partial charge in [0, 0.05) is 14.1 Å². The van der Waals surface area contributed by atoms with Gasteiger partial charge in [-0.2, -0.15) is 0 Å². The van der Waals surface area contributed by atoms with Crippen LogP contribution in [0.1, 0.15) is 0 Å². The monoisotopic (exact) mass is 453 g/mol. The van der Waals surface area contributed by atoms with E-state index in [1.807, 2.05) is 18.2 Å². The molecule has 0 bridgehead atoms. The van der Waals surface area contributed by atoms with Crippen molar-refractivity contribution >= 4 is 67.3 Å². The van der Waals surface area contributed by atoms with Gasteiger partial charge in [-0.3, -0.25) is 10.1 Å². The molecule has 8 heteroatoms. The molecule has 0 unspecified atom stereocenters. The van der Waals surface area contributed by atoms with Crippen LogP contribution in [-0.2, 0) is 0 Å². The van der Waals surface area contributed by atoms with Crippen LogP contribution < -0.4 is 5.32 Å². The Hall–Kier alpha value is -0.930. The maximum absolute atomic E-state index is 10.9. The van der Waals surface area contributed by atoms with E-state index < -0.39 is 4.92 Å². The molecular formula is C11H6BrClIN3O2. The van der Waals surface area contributed by atoms with Gasteiger partial charge in [0.25, 0.3) is 0 Å².